The molecule has 0 radical (unpaired) electrons. The Balaban J connectivity index is 1.93. The van der Waals surface area contributed by atoms with Crippen LogP contribution in [-0.2, 0) is 9.47 Å². The Labute approximate surface area is 112 Å². The summed E-state index contributed by atoms with van der Waals surface area (Å²) in [5.41, 5.74) is 7.60. The van der Waals surface area contributed by atoms with E-state index in [1.54, 1.807) is 4.90 Å². The number of hydrogen-bond donors (Lipinski definition) is 0. The van der Waals surface area contributed by atoms with E-state index in [9.17, 15) is 4.79 Å². The molecule has 0 aromatic rings. The van der Waals surface area contributed by atoms with Gasteiger partial charge in [0.1, 0.15) is 5.60 Å². The Bertz CT molecular complexity index is 414. The number of nitrogens with zero attached hydrogens (tertiary/aromatic N) is 4. The second-order valence-corrected chi connectivity index (χ2v) is 6.21. The van der Waals surface area contributed by atoms with E-state index in [0.717, 1.165) is 6.42 Å². The van der Waals surface area contributed by atoms with E-state index in [0.29, 0.717) is 26.1 Å². The van der Waals surface area contributed by atoms with Crippen LogP contribution in [0.1, 0.15) is 33.6 Å². The Morgan fingerprint density at radius 1 is 1.58 bits per heavy atom. The number of hydrogen-bond acceptors (Lipinski definition) is 4. The molecule has 106 valence electrons. The fraction of sp³-hybridized carbons (Fsp3) is 0.917. The van der Waals surface area contributed by atoms with E-state index in [1.165, 1.54) is 0 Å². The van der Waals surface area contributed by atoms with E-state index >= 15 is 0 Å². The maximum absolute atomic E-state index is 12.0. The van der Waals surface area contributed by atoms with E-state index in [-0.39, 0.29) is 17.7 Å². The Kier molecular flexibility index (Phi) is 3.60. The van der Waals surface area contributed by atoms with Gasteiger partial charge in [0.15, 0.2) is 0 Å². The lowest BCUT2D eigenvalue weighted by Crippen LogP contribution is -2.39. The lowest BCUT2D eigenvalue weighted by Gasteiger charge is -2.26. The summed E-state index contributed by atoms with van der Waals surface area (Å²) in [6.07, 6.45) is 1.14. The van der Waals surface area contributed by atoms with Gasteiger partial charge >= 0.3 is 6.09 Å². The molecule has 0 aromatic heterocycles. The Morgan fingerprint density at radius 3 is 2.95 bits per heavy atom. The number of carbonyl (C=O) groups excluding carboxylic acids is 1. The minimum atomic E-state index is -0.489. The van der Waals surface area contributed by atoms with Gasteiger partial charge in [-0.15, -0.1) is 0 Å². The van der Waals surface area contributed by atoms with Crippen LogP contribution in [0.15, 0.2) is 5.11 Å². The number of ether oxygens (including phenoxy) is 2. The molecule has 2 saturated heterocycles. The molecule has 2 rings (SSSR count). The van der Waals surface area contributed by atoms with Crippen molar-refractivity contribution in [2.45, 2.75) is 50.9 Å². The van der Waals surface area contributed by atoms with Crippen molar-refractivity contribution < 1.29 is 14.3 Å². The fourth-order valence-electron chi connectivity index (χ4n) is 2.58. The Hall–Kier alpha value is -1.46. The zero-order valence-corrected chi connectivity index (χ0v) is 11.6. The van der Waals surface area contributed by atoms with Crippen molar-refractivity contribution in [3.8, 4) is 0 Å². The number of rotatable bonds is 1. The van der Waals surface area contributed by atoms with Crippen LogP contribution < -0.4 is 0 Å². The molecule has 2 heterocycles. The van der Waals surface area contributed by atoms with Gasteiger partial charge in [0.2, 0.25) is 0 Å². The van der Waals surface area contributed by atoms with Crippen LogP contribution in [0, 0.1) is 0 Å². The van der Waals surface area contributed by atoms with Crippen molar-refractivity contribution in [1.82, 2.24) is 4.90 Å². The largest absolute Gasteiger partial charge is 0.444 e. The smallest absolute Gasteiger partial charge is 0.410 e. The summed E-state index contributed by atoms with van der Waals surface area (Å²) >= 11 is 0. The maximum atomic E-state index is 12.0. The van der Waals surface area contributed by atoms with Crippen molar-refractivity contribution in [2.75, 3.05) is 19.7 Å². The lowest BCUT2D eigenvalue weighted by atomic mass is 9.98. The zero-order chi connectivity index (χ0) is 14.1. The molecule has 0 bridgehead atoms. The third kappa shape index (κ3) is 3.30. The highest BCUT2D eigenvalue weighted by molar-refractivity contribution is 5.68. The predicted molar refractivity (Wildman–Crippen MR) is 68.7 cm³/mol. The molecular weight excluding hydrogens is 248 g/mol. The molecule has 2 unspecified atom stereocenters. The first-order valence-corrected chi connectivity index (χ1v) is 6.50. The lowest BCUT2D eigenvalue weighted by molar-refractivity contribution is 0.000508. The first kappa shape index (κ1) is 14.0. The topological polar surface area (TPSA) is 87.5 Å². The van der Waals surface area contributed by atoms with Gasteiger partial charge in [-0.1, -0.05) is 5.11 Å². The van der Waals surface area contributed by atoms with Gasteiger partial charge < -0.3 is 14.4 Å². The molecular formula is C12H20N4O3. The van der Waals surface area contributed by atoms with Crippen LogP contribution in [0.2, 0.25) is 0 Å². The van der Waals surface area contributed by atoms with Crippen molar-refractivity contribution in [3.05, 3.63) is 10.4 Å². The second kappa shape index (κ2) is 4.90. The standard InChI is InChI=1S/C12H20N4O3/c1-11(2,3)19-10(17)16-5-4-12(8-16)6-9(7-18-12)14-15-13/h9H,4-8H2,1-3H3. The van der Waals surface area contributed by atoms with Crippen LogP contribution >= 0.6 is 0 Å². The summed E-state index contributed by atoms with van der Waals surface area (Å²) in [6, 6.07) is -0.122. The summed E-state index contributed by atoms with van der Waals surface area (Å²) in [5.74, 6) is 0. The third-order valence-electron chi connectivity index (χ3n) is 3.37. The number of carbonyl (C=O) groups is 1. The molecule has 1 amide bonds. The molecule has 2 aliphatic rings. The molecule has 0 aromatic carbocycles. The SMILES string of the molecule is CC(C)(C)OC(=O)N1CCC2(CC(N=[N+]=[N-])CO2)C1. The van der Waals surface area contributed by atoms with E-state index in [2.05, 4.69) is 10.0 Å². The Morgan fingerprint density at radius 2 is 2.32 bits per heavy atom. The van der Waals surface area contributed by atoms with Crippen molar-refractivity contribution >= 4 is 6.09 Å². The van der Waals surface area contributed by atoms with Crippen LogP contribution in [0.4, 0.5) is 4.79 Å². The van der Waals surface area contributed by atoms with Gasteiger partial charge in [0.05, 0.1) is 24.8 Å². The summed E-state index contributed by atoms with van der Waals surface area (Å²) in [4.78, 5) is 16.5. The monoisotopic (exact) mass is 268 g/mol. The number of amides is 1. The third-order valence-corrected chi connectivity index (χ3v) is 3.37. The molecule has 2 fully saturated rings. The summed E-state index contributed by atoms with van der Waals surface area (Å²) in [7, 11) is 0. The highest BCUT2D eigenvalue weighted by Crippen LogP contribution is 2.36. The van der Waals surface area contributed by atoms with Crippen molar-refractivity contribution in [1.29, 1.82) is 0 Å². The quantitative estimate of drug-likeness (QED) is 0.415. The number of likely N-dealkylation sites (tertiary alicyclic amines) is 1. The molecule has 0 aliphatic carbocycles. The van der Waals surface area contributed by atoms with Crippen LogP contribution in [0.25, 0.3) is 10.4 Å². The van der Waals surface area contributed by atoms with Crippen LogP contribution in [-0.4, -0.2) is 47.9 Å². The van der Waals surface area contributed by atoms with Crippen molar-refractivity contribution in [3.63, 3.8) is 0 Å². The van der Waals surface area contributed by atoms with Crippen LogP contribution in [0.5, 0.6) is 0 Å². The summed E-state index contributed by atoms with van der Waals surface area (Å²) in [5, 5.41) is 3.69. The molecule has 1 spiro atoms. The minimum Gasteiger partial charge on any atom is -0.444 e. The molecule has 7 heteroatoms. The van der Waals surface area contributed by atoms with E-state index in [4.69, 9.17) is 15.0 Å². The van der Waals surface area contributed by atoms with Crippen molar-refractivity contribution in [2.24, 2.45) is 5.11 Å². The average molecular weight is 268 g/mol. The fourth-order valence-corrected chi connectivity index (χ4v) is 2.58. The summed E-state index contributed by atoms with van der Waals surface area (Å²) < 4.78 is 11.1. The van der Waals surface area contributed by atoms with Gasteiger partial charge in [-0.25, -0.2) is 4.79 Å². The predicted octanol–water partition coefficient (Wildman–Crippen LogP) is 2.47. The molecule has 19 heavy (non-hydrogen) atoms. The highest BCUT2D eigenvalue weighted by Gasteiger charge is 2.47. The van der Waals surface area contributed by atoms with Gasteiger partial charge in [-0.2, -0.15) is 0 Å². The van der Waals surface area contributed by atoms with Gasteiger partial charge in [-0.05, 0) is 39.1 Å². The second-order valence-electron chi connectivity index (χ2n) is 6.21. The molecule has 7 nitrogen and oxygen atoms in total. The van der Waals surface area contributed by atoms with Gasteiger partial charge in [-0.3, -0.25) is 0 Å². The maximum Gasteiger partial charge on any atom is 0.410 e. The highest BCUT2D eigenvalue weighted by atomic mass is 16.6. The molecule has 0 N–H and O–H groups in total. The first-order valence-electron chi connectivity index (χ1n) is 6.50. The normalized spacial score (nSPS) is 30.5. The first-order chi connectivity index (χ1) is 8.84. The summed E-state index contributed by atoms with van der Waals surface area (Å²) in [6.45, 7) is 7.12. The minimum absolute atomic E-state index is 0.122. The van der Waals surface area contributed by atoms with Gasteiger partial charge in [0, 0.05) is 11.5 Å². The van der Waals surface area contributed by atoms with Gasteiger partial charge in [0.25, 0.3) is 0 Å². The van der Waals surface area contributed by atoms with Crippen LogP contribution in [0.3, 0.4) is 0 Å². The molecule has 0 saturated carbocycles. The zero-order valence-electron chi connectivity index (χ0n) is 11.6. The average Bonchev–Trinajstić information content (AvgIpc) is 2.86. The molecule has 2 atom stereocenters. The molecule has 2 aliphatic heterocycles. The van der Waals surface area contributed by atoms with E-state index in [1.807, 2.05) is 20.8 Å². The van der Waals surface area contributed by atoms with E-state index < -0.39 is 5.60 Å². The number of azide groups is 1.